The van der Waals surface area contributed by atoms with E-state index in [4.69, 9.17) is 0 Å². The van der Waals surface area contributed by atoms with Gasteiger partial charge in [0.2, 0.25) is 0 Å². The molecule has 0 aliphatic carbocycles. The van der Waals surface area contributed by atoms with Crippen molar-refractivity contribution in [1.29, 1.82) is 0 Å². The van der Waals surface area contributed by atoms with Crippen LogP contribution in [0.3, 0.4) is 0 Å². The van der Waals surface area contributed by atoms with Gasteiger partial charge >= 0.3 is 0 Å². The molecule has 1 rings (SSSR count). The van der Waals surface area contributed by atoms with Crippen LogP contribution in [0.4, 0.5) is 17.1 Å². The summed E-state index contributed by atoms with van der Waals surface area (Å²) in [6.07, 6.45) is 0. The maximum Gasteiger partial charge on any atom is 0.273 e. The van der Waals surface area contributed by atoms with E-state index in [0.717, 1.165) is 17.9 Å². The lowest BCUT2D eigenvalue weighted by Crippen LogP contribution is -2.09. The third-order valence-corrected chi connectivity index (χ3v) is 2.01. The molecule has 0 aliphatic heterocycles. The molecule has 1 aromatic carbocycles. The Bertz CT molecular complexity index is 364. The summed E-state index contributed by atoms with van der Waals surface area (Å²) < 4.78 is 0. The summed E-state index contributed by atoms with van der Waals surface area (Å²) >= 11 is 0. The Labute approximate surface area is 88.9 Å². The highest BCUT2D eigenvalue weighted by molar-refractivity contribution is 5.64. The molecule has 0 heterocycles. The Kier molecular flexibility index (Phi) is 3.49. The summed E-state index contributed by atoms with van der Waals surface area (Å²) in [6.45, 7) is 2.70. The SMILES string of the molecule is CCNc1cc(N(C)C)cc([N+](=O)[O-])c1. The van der Waals surface area contributed by atoms with Crippen molar-refractivity contribution in [2.24, 2.45) is 0 Å². The lowest BCUT2D eigenvalue weighted by Gasteiger charge is -2.14. The Hall–Kier alpha value is -1.78. The fraction of sp³-hybridized carbons (Fsp3) is 0.400. The first kappa shape index (κ1) is 11.3. The van der Waals surface area contributed by atoms with Crippen LogP contribution in [0.25, 0.3) is 0 Å². The number of hydrogen-bond acceptors (Lipinski definition) is 4. The van der Waals surface area contributed by atoms with Crippen molar-refractivity contribution in [1.82, 2.24) is 0 Å². The number of hydrogen-bond donors (Lipinski definition) is 1. The fourth-order valence-corrected chi connectivity index (χ4v) is 1.26. The minimum atomic E-state index is -0.381. The standard InChI is InChI=1S/C10H15N3O2/c1-4-11-8-5-9(12(2)3)7-10(6-8)13(14)15/h5-7,11H,4H2,1-3H3. The maximum atomic E-state index is 10.7. The molecular formula is C10H15N3O2. The lowest BCUT2D eigenvalue weighted by molar-refractivity contribution is -0.384. The van der Waals surface area contributed by atoms with Crippen molar-refractivity contribution in [2.75, 3.05) is 30.9 Å². The average Bonchev–Trinajstić information content (AvgIpc) is 2.17. The van der Waals surface area contributed by atoms with Gasteiger partial charge in [0.15, 0.2) is 0 Å². The third kappa shape index (κ3) is 2.83. The van der Waals surface area contributed by atoms with Crippen LogP contribution in [0, 0.1) is 10.1 Å². The molecule has 0 amide bonds. The zero-order valence-corrected chi connectivity index (χ0v) is 9.15. The average molecular weight is 209 g/mol. The number of benzene rings is 1. The van der Waals surface area contributed by atoms with Gasteiger partial charge in [0.1, 0.15) is 0 Å². The van der Waals surface area contributed by atoms with Gasteiger partial charge in [-0.3, -0.25) is 10.1 Å². The van der Waals surface area contributed by atoms with Crippen molar-refractivity contribution in [2.45, 2.75) is 6.92 Å². The van der Waals surface area contributed by atoms with Crippen LogP contribution >= 0.6 is 0 Å². The molecule has 0 saturated heterocycles. The number of anilines is 2. The van der Waals surface area contributed by atoms with Crippen LogP contribution in [0.2, 0.25) is 0 Å². The Morgan fingerprint density at radius 2 is 2.07 bits per heavy atom. The molecule has 0 unspecified atom stereocenters. The number of non-ortho nitro benzene ring substituents is 1. The van der Waals surface area contributed by atoms with Crippen LogP contribution in [-0.4, -0.2) is 25.6 Å². The van der Waals surface area contributed by atoms with Crippen molar-refractivity contribution in [3.8, 4) is 0 Å². The predicted molar refractivity (Wildman–Crippen MR) is 61.6 cm³/mol. The zero-order chi connectivity index (χ0) is 11.4. The first-order valence-electron chi connectivity index (χ1n) is 4.75. The van der Waals surface area contributed by atoms with Crippen LogP contribution in [-0.2, 0) is 0 Å². The van der Waals surface area contributed by atoms with E-state index in [-0.39, 0.29) is 10.6 Å². The quantitative estimate of drug-likeness (QED) is 0.609. The fourth-order valence-electron chi connectivity index (χ4n) is 1.26. The Morgan fingerprint density at radius 3 is 2.53 bits per heavy atom. The summed E-state index contributed by atoms with van der Waals surface area (Å²) in [5.74, 6) is 0. The summed E-state index contributed by atoms with van der Waals surface area (Å²) in [5, 5.41) is 13.8. The normalized spacial score (nSPS) is 9.80. The highest BCUT2D eigenvalue weighted by Crippen LogP contribution is 2.25. The van der Waals surface area contributed by atoms with Crippen molar-refractivity contribution in [3.63, 3.8) is 0 Å². The molecule has 5 nitrogen and oxygen atoms in total. The van der Waals surface area contributed by atoms with Gasteiger partial charge in [0, 0.05) is 44.1 Å². The number of nitro benzene ring substituents is 1. The van der Waals surface area contributed by atoms with Crippen molar-refractivity contribution < 1.29 is 4.92 Å². The summed E-state index contributed by atoms with van der Waals surface area (Å²) in [4.78, 5) is 12.2. The Balaban J connectivity index is 3.14. The van der Waals surface area contributed by atoms with E-state index in [1.165, 1.54) is 6.07 Å². The van der Waals surface area contributed by atoms with Gasteiger partial charge in [0.25, 0.3) is 5.69 Å². The molecular weight excluding hydrogens is 194 g/mol. The summed E-state index contributed by atoms with van der Waals surface area (Å²) in [6, 6.07) is 4.98. The summed E-state index contributed by atoms with van der Waals surface area (Å²) in [7, 11) is 3.71. The van der Waals surface area contributed by atoms with E-state index >= 15 is 0 Å². The number of nitro groups is 1. The van der Waals surface area contributed by atoms with Crippen molar-refractivity contribution in [3.05, 3.63) is 28.3 Å². The van der Waals surface area contributed by atoms with Gasteiger partial charge in [-0.15, -0.1) is 0 Å². The van der Waals surface area contributed by atoms with Crippen LogP contribution in [0.5, 0.6) is 0 Å². The number of nitrogens with zero attached hydrogens (tertiary/aromatic N) is 2. The minimum Gasteiger partial charge on any atom is -0.385 e. The van der Waals surface area contributed by atoms with Gasteiger partial charge in [-0.05, 0) is 13.0 Å². The molecule has 15 heavy (non-hydrogen) atoms. The van der Waals surface area contributed by atoms with Crippen molar-refractivity contribution >= 4 is 17.1 Å². The first-order chi connectivity index (χ1) is 7.04. The highest BCUT2D eigenvalue weighted by atomic mass is 16.6. The van der Waals surface area contributed by atoms with E-state index in [1.807, 2.05) is 32.0 Å². The van der Waals surface area contributed by atoms with E-state index in [9.17, 15) is 10.1 Å². The van der Waals surface area contributed by atoms with Gasteiger partial charge in [-0.25, -0.2) is 0 Å². The largest absolute Gasteiger partial charge is 0.385 e. The smallest absolute Gasteiger partial charge is 0.273 e. The van der Waals surface area contributed by atoms with Crippen LogP contribution in [0.15, 0.2) is 18.2 Å². The molecule has 0 atom stereocenters. The Morgan fingerprint density at radius 1 is 1.40 bits per heavy atom. The molecule has 0 bridgehead atoms. The zero-order valence-electron chi connectivity index (χ0n) is 9.15. The molecule has 1 aromatic rings. The van der Waals surface area contributed by atoms with E-state index in [1.54, 1.807) is 6.07 Å². The first-order valence-corrected chi connectivity index (χ1v) is 4.75. The van der Waals surface area contributed by atoms with Gasteiger partial charge in [-0.2, -0.15) is 0 Å². The molecule has 0 fully saturated rings. The molecule has 5 heteroatoms. The molecule has 0 aliphatic rings. The molecule has 0 saturated carbocycles. The monoisotopic (exact) mass is 209 g/mol. The topological polar surface area (TPSA) is 58.4 Å². The maximum absolute atomic E-state index is 10.7. The third-order valence-electron chi connectivity index (χ3n) is 2.01. The predicted octanol–water partition coefficient (Wildman–Crippen LogP) is 2.09. The molecule has 0 spiro atoms. The van der Waals surface area contributed by atoms with E-state index < -0.39 is 0 Å². The van der Waals surface area contributed by atoms with Crippen LogP contribution < -0.4 is 10.2 Å². The van der Waals surface area contributed by atoms with E-state index in [2.05, 4.69) is 5.32 Å². The number of nitrogens with one attached hydrogen (secondary N) is 1. The second kappa shape index (κ2) is 4.63. The van der Waals surface area contributed by atoms with E-state index in [0.29, 0.717) is 0 Å². The van der Waals surface area contributed by atoms with Gasteiger partial charge < -0.3 is 10.2 Å². The second-order valence-corrected chi connectivity index (χ2v) is 3.42. The molecule has 82 valence electrons. The summed E-state index contributed by atoms with van der Waals surface area (Å²) in [5.41, 5.74) is 1.70. The molecule has 0 aromatic heterocycles. The van der Waals surface area contributed by atoms with Crippen LogP contribution in [0.1, 0.15) is 6.92 Å². The molecule has 1 N–H and O–H groups in total. The minimum absolute atomic E-state index is 0.108. The van der Waals surface area contributed by atoms with Gasteiger partial charge in [0.05, 0.1) is 4.92 Å². The number of rotatable bonds is 4. The lowest BCUT2D eigenvalue weighted by atomic mass is 10.2. The second-order valence-electron chi connectivity index (χ2n) is 3.42. The van der Waals surface area contributed by atoms with Gasteiger partial charge in [-0.1, -0.05) is 0 Å². The highest BCUT2D eigenvalue weighted by Gasteiger charge is 2.10. The molecule has 0 radical (unpaired) electrons.